The Kier molecular flexibility index (Phi) is 4.66. The van der Waals surface area contributed by atoms with Crippen LogP contribution in [0.3, 0.4) is 0 Å². The summed E-state index contributed by atoms with van der Waals surface area (Å²) in [6.07, 6.45) is 0.468. The first kappa shape index (κ1) is 17.3. The van der Waals surface area contributed by atoms with Crippen LogP contribution in [0.1, 0.15) is 38.3 Å². The van der Waals surface area contributed by atoms with E-state index < -0.39 is 17.0 Å². The number of carboxylic acids is 1. The maximum absolute atomic E-state index is 12.1. The van der Waals surface area contributed by atoms with Gasteiger partial charge < -0.3 is 20.4 Å². The molecule has 2 amide bonds. The van der Waals surface area contributed by atoms with Gasteiger partial charge in [0.15, 0.2) is 0 Å². The minimum Gasteiger partial charge on any atom is -0.481 e. The van der Waals surface area contributed by atoms with Crippen LogP contribution in [-0.2, 0) is 16.9 Å². The van der Waals surface area contributed by atoms with Crippen molar-refractivity contribution >= 4 is 12.0 Å². The average Bonchev–Trinajstić information content (AvgIpc) is 2.88. The van der Waals surface area contributed by atoms with Crippen molar-refractivity contribution in [2.24, 2.45) is 5.41 Å². The number of rotatable bonds is 4. The predicted octanol–water partition coefficient (Wildman–Crippen LogP) is 1.92. The summed E-state index contributed by atoms with van der Waals surface area (Å²) in [5.74, 6) is -0.866. The van der Waals surface area contributed by atoms with E-state index >= 15 is 0 Å². The van der Waals surface area contributed by atoms with Crippen molar-refractivity contribution < 1.29 is 19.8 Å². The molecule has 1 aromatic carbocycles. The van der Waals surface area contributed by atoms with Gasteiger partial charge in [-0.3, -0.25) is 4.79 Å². The quantitative estimate of drug-likeness (QED) is 0.790. The third-order valence-electron chi connectivity index (χ3n) is 4.38. The minimum absolute atomic E-state index is 0.228. The van der Waals surface area contributed by atoms with Crippen LogP contribution in [0.25, 0.3) is 0 Å². The van der Waals surface area contributed by atoms with Crippen LogP contribution >= 0.6 is 0 Å². The Hall–Kier alpha value is -2.08. The number of nitrogens with one attached hydrogen (secondary N) is 1. The number of likely N-dealkylation sites (tertiary alicyclic amines) is 1. The van der Waals surface area contributed by atoms with E-state index in [0.717, 1.165) is 11.1 Å². The maximum atomic E-state index is 12.1. The van der Waals surface area contributed by atoms with Crippen LogP contribution in [0.2, 0.25) is 0 Å². The monoisotopic (exact) mass is 320 g/mol. The van der Waals surface area contributed by atoms with Gasteiger partial charge in [0.05, 0.1) is 11.0 Å². The fourth-order valence-corrected chi connectivity index (χ4v) is 2.63. The molecule has 6 nitrogen and oxygen atoms in total. The van der Waals surface area contributed by atoms with Gasteiger partial charge in [-0.15, -0.1) is 0 Å². The van der Waals surface area contributed by atoms with Crippen molar-refractivity contribution in [1.82, 2.24) is 10.2 Å². The van der Waals surface area contributed by atoms with Crippen molar-refractivity contribution in [1.29, 1.82) is 0 Å². The van der Waals surface area contributed by atoms with Crippen LogP contribution in [0.15, 0.2) is 24.3 Å². The van der Waals surface area contributed by atoms with E-state index in [0.29, 0.717) is 19.5 Å². The Morgan fingerprint density at radius 1 is 1.30 bits per heavy atom. The van der Waals surface area contributed by atoms with Gasteiger partial charge in [0, 0.05) is 19.6 Å². The second-order valence-electron chi connectivity index (χ2n) is 6.95. The van der Waals surface area contributed by atoms with E-state index in [2.05, 4.69) is 5.32 Å². The predicted molar refractivity (Wildman–Crippen MR) is 85.9 cm³/mol. The number of urea groups is 1. The first-order chi connectivity index (χ1) is 10.6. The Balaban J connectivity index is 1.89. The van der Waals surface area contributed by atoms with Crippen LogP contribution in [-0.4, -0.2) is 40.2 Å². The van der Waals surface area contributed by atoms with Crippen LogP contribution < -0.4 is 5.32 Å². The molecule has 0 aromatic heterocycles. The van der Waals surface area contributed by atoms with E-state index in [1.54, 1.807) is 25.7 Å². The highest BCUT2D eigenvalue weighted by Crippen LogP contribution is 2.30. The Labute approximate surface area is 136 Å². The Morgan fingerprint density at radius 3 is 2.39 bits per heavy atom. The number of carbonyl (C=O) groups excluding carboxylic acids is 1. The summed E-state index contributed by atoms with van der Waals surface area (Å²) < 4.78 is 0. The smallest absolute Gasteiger partial charge is 0.317 e. The zero-order valence-corrected chi connectivity index (χ0v) is 13.8. The van der Waals surface area contributed by atoms with Gasteiger partial charge in [0.2, 0.25) is 0 Å². The number of hydrogen-bond acceptors (Lipinski definition) is 3. The van der Waals surface area contributed by atoms with Crippen LogP contribution in [0.4, 0.5) is 4.79 Å². The largest absolute Gasteiger partial charge is 0.481 e. The molecule has 0 aliphatic carbocycles. The number of carboxylic acid groups (broad SMARTS) is 1. The third-order valence-corrected chi connectivity index (χ3v) is 4.38. The zero-order chi connectivity index (χ0) is 17.3. The average molecular weight is 320 g/mol. The highest BCUT2D eigenvalue weighted by atomic mass is 16.4. The number of aliphatic hydroxyl groups is 1. The molecule has 1 aliphatic heterocycles. The molecule has 126 valence electrons. The molecule has 1 saturated heterocycles. The molecule has 1 atom stereocenters. The third kappa shape index (κ3) is 4.01. The number of carbonyl (C=O) groups is 2. The second kappa shape index (κ2) is 6.20. The molecule has 0 radical (unpaired) electrons. The molecule has 0 saturated carbocycles. The molecule has 0 spiro atoms. The second-order valence-corrected chi connectivity index (χ2v) is 6.95. The van der Waals surface area contributed by atoms with Crippen molar-refractivity contribution in [2.45, 2.75) is 39.3 Å². The van der Waals surface area contributed by atoms with Crippen LogP contribution in [0.5, 0.6) is 0 Å². The number of hydrogen-bond donors (Lipinski definition) is 3. The van der Waals surface area contributed by atoms with Gasteiger partial charge in [-0.25, -0.2) is 4.79 Å². The molecule has 0 bridgehead atoms. The Morgan fingerprint density at radius 2 is 1.91 bits per heavy atom. The molecule has 1 aliphatic rings. The molecular formula is C17H24N2O4. The van der Waals surface area contributed by atoms with Crippen molar-refractivity contribution in [2.75, 3.05) is 13.1 Å². The number of benzene rings is 1. The molecule has 1 fully saturated rings. The summed E-state index contributed by atoms with van der Waals surface area (Å²) in [4.78, 5) is 24.9. The number of aliphatic carboxylic acids is 1. The Bertz CT molecular complexity index is 592. The highest BCUT2D eigenvalue weighted by Gasteiger charge is 2.42. The van der Waals surface area contributed by atoms with Gasteiger partial charge in [0.25, 0.3) is 0 Å². The van der Waals surface area contributed by atoms with Crippen molar-refractivity contribution in [3.05, 3.63) is 35.4 Å². The first-order valence-electron chi connectivity index (χ1n) is 7.70. The summed E-state index contributed by atoms with van der Waals surface area (Å²) in [6, 6.07) is 7.14. The highest BCUT2D eigenvalue weighted by molar-refractivity contribution is 5.79. The summed E-state index contributed by atoms with van der Waals surface area (Å²) in [6.45, 7) is 6.15. The lowest BCUT2D eigenvalue weighted by Gasteiger charge is -2.21. The molecule has 1 unspecified atom stereocenters. The topological polar surface area (TPSA) is 89.9 Å². The van der Waals surface area contributed by atoms with E-state index in [-0.39, 0.29) is 12.6 Å². The minimum atomic E-state index is -0.890. The fourth-order valence-electron chi connectivity index (χ4n) is 2.63. The van der Waals surface area contributed by atoms with E-state index in [9.17, 15) is 19.8 Å². The van der Waals surface area contributed by atoms with E-state index in [1.807, 2.05) is 24.3 Å². The summed E-state index contributed by atoms with van der Waals surface area (Å²) in [5, 5.41) is 21.9. The fraction of sp³-hybridized carbons (Fsp3) is 0.529. The van der Waals surface area contributed by atoms with Gasteiger partial charge in [-0.05, 0) is 38.3 Å². The molecule has 3 N–H and O–H groups in total. The normalized spacial score (nSPS) is 21.3. The SMILES string of the molecule is CC1(C(=O)O)CCN(C(=O)NCc2ccc(C(C)(C)O)cc2)C1. The first-order valence-corrected chi connectivity index (χ1v) is 7.70. The number of amides is 2. The lowest BCUT2D eigenvalue weighted by molar-refractivity contribution is -0.147. The molecular weight excluding hydrogens is 296 g/mol. The van der Waals surface area contributed by atoms with E-state index in [4.69, 9.17) is 0 Å². The van der Waals surface area contributed by atoms with Crippen LogP contribution in [0, 0.1) is 5.41 Å². The summed E-state index contributed by atoms with van der Waals surface area (Å²) in [5.41, 5.74) is -0.0134. The molecule has 23 heavy (non-hydrogen) atoms. The summed E-state index contributed by atoms with van der Waals surface area (Å²) >= 11 is 0. The molecule has 1 heterocycles. The molecule has 6 heteroatoms. The zero-order valence-electron chi connectivity index (χ0n) is 13.8. The van der Waals surface area contributed by atoms with Gasteiger partial charge in [-0.1, -0.05) is 24.3 Å². The lowest BCUT2D eigenvalue weighted by Crippen LogP contribution is -2.40. The number of nitrogens with zero attached hydrogens (tertiary/aromatic N) is 1. The van der Waals surface area contributed by atoms with Crippen molar-refractivity contribution in [3.63, 3.8) is 0 Å². The summed E-state index contributed by atoms with van der Waals surface area (Å²) in [7, 11) is 0. The van der Waals surface area contributed by atoms with Gasteiger partial charge >= 0.3 is 12.0 Å². The van der Waals surface area contributed by atoms with Gasteiger partial charge in [-0.2, -0.15) is 0 Å². The maximum Gasteiger partial charge on any atom is 0.317 e. The van der Waals surface area contributed by atoms with E-state index in [1.165, 1.54) is 0 Å². The molecule has 2 rings (SSSR count). The standard InChI is InChI=1S/C17H24N2O4/c1-16(2,23)13-6-4-12(5-7-13)10-18-15(22)19-9-8-17(3,11-19)14(20)21/h4-7,23H,8-11H2,1-3H3,(H,18,22)(H,20,21). The van der Waals surface area contributed by atoms with Crippen molar-refractivity contribution in [3.8, 4) is 0 Å². The molecule has 1 aromatic rings. The van der Waals surface area contributed by atoms with Gasteiger partial charge in [0.1, 0.15) is 0 Å². The lowest BCUT2D eigenvalue weighted by atomic mass is 9.90.